The summed E-state index contributed by atoms with van der Waals surface area (Å²) in [7, 11) is 0. The number of aryl methyl sites for hydroxylation is 3. The highest BCUT2D eigenvalue weighted by atomic mass is 16.4. The van der Waals surface area contributed by atoms with E-state index < -0.39 is 5.97 Å². The van der Waals surface area contributed by atoms with Crippen LogP contribution in [0, 0.1) is 0 Å². The molecule has 0 aliphatic heterocycles. The van der Waals surface area contributed by atoms with Crippen molar-refractivity contribution in [3.05, 3.63) is 70.3 Å². The van der Waals surface area contributed by atoms with Crippen molar-refractivity contribution in [3.8, 4) is 0 Å². The second kappa shape index (κ2) is 6.78. The van der Waals surface area contributed by atoms with Gasteiger partial charge in [0, 0.05) is 17.5 Å². The standard InChI is InChI=1S/C20H20O3/c21-19(22)8-4-1-5-14-9-12-18-16(13-14)11-10-15-6-2-3-7-17(15)20(18)23/h2-3,6-7,9,12-13H,1,4-5,8,10-11H2,(H,21,22). The molecule has 3 nitrogen and oxygen atoms in total. The summed E-state index contributed by atoms with van der Waals surface area (Å²) in [5.74, 6) is -0.624. The van der Waals surface area contributed by atoms with Gasteiger partial charge < -0.3 is 5.11 Å². The molecule has 2 aromatic carbocycles. The van der Waals surface area contributed by atoms with Crippen LogP contribution in [0.5, 0.6) is 0 Å². The Morgan fingerprint density at radius 1 is 0.957 bits per heavy atom. The molecule has 0 bridgehead atoms. The molecular formula is C20H20O3. The Balaban J connectivity index is 1.77. The van der Waals surface area contributed by atoms with E-state index in [1.807, 2.05) is 36.4 Å². The summed E-state index contributed by atoms with van der Waals surface area (Å²) in [6.07, 6.45) is 4.40. The Bertz CT molecular complexity index is 746. The van der Waals surface area contributed by atoms with Crippen LogP contribution >= 0.6 is 0 Å². The minimum Gasteiger partial charge on any atom is -0.481 e. The maximum atomic E-state index is 12.7. The number of hydrogen-bond acceptors (Lipinski definition) is 2. The molecule has 0 fully saturated rings. The summed E-state index contributed by atoms with van der Waals surface area (Å²) in [5.41, 5.74) is 5.05. The topological polar surface area (TPSA) is 54.4 Å². The highest BCUT2D eigenvalue weighted by Gasteiger charge is 2.20. The molecule has 2 aromatic rings. The summed E-state index contributed by atoms with van der Waals surface area (Å²) in [6.45, 7) is 0. The largest absolute Gasteiger partial charge is 0.481 e. The molecule has 0 atom stereocenters. The monoisotopic (exact) mass is 308 g/mol. The van der Waals surface area contributed by atoms with E-state index in [-0.39, 0.29) is 12.2 Å². The fraction of sp³-hybridized carbons (Fsp3) is 0.300. The highest BCUT2D eigenvalue weighted by molar-refractivity contribution is 6.11. The lowest BCUT2D eigenvalue weighted by molar-refractivity contribution is -0.137. The van der Waals surface area contributed by atoms with Gasteiger partial charge in [0.15, 0.2) is 5.78 Å². The lowest BCUT2D eigenvalue weighted by Crippen LogP contribution is -2.04. The molecule has 118 valence electrons. The Morgan fingerprint density at radius 2 is 1.70 bits per heavy atom. The van der Waals surface area contributed by atoms with Gasteiger partial charge in [-0.15, -0.1) is 0 Å². The van der Waals surface area contributed by atoms with Gasteiger partial charge in [-0.3, -0.25) is 9.59 Å². The molecule has 3 rings (SSSR count). The van der Waals surface area contributed by atoms with Crippen molar-refractivity contribution < 1.29 is 14.7 Å². The molecule has 1 aliphatic rings. The van der Waals surface area contributed by atoms with Gasteiger partial charge in [-0.25, -0.2) is 0 Å². The van der Waals surface area contributed by atoms with Gasteiger partial charge in [-0.2, -0.15) is 0 Å². The Hall–Kier alpha value is -2.42. The normalized spacial score (nSPS) is 13.1. The molecule has 0 heterocycles. The number of rotatable bonds is 5. The number of carbonyl (C=O) groups excluding carboxylic acids is 1. The van der Waals surface area contributed by atoms with Gasteiger partial charge in [-0.05, 0) is 48.8 Å². The number of fused-ring (bicyclic) bond motifs is 2. The first-order valence-corrected chi connectivity index (χ1v) is 8.11. The van der Waals surface area contributed by atoms with Gasteiger partial charge in [-0.1, -0.05) is 42.5 Å². The molecule has 0 radical (unpaired) electrons. The first kappa shape index (κ1) is 15.5. The van der Waals surface area contributed by atoms with Crippen molar-refractivity contribution in [2.75, 3.05) is 0 Å². The number of carboxylic acid groups (broad SMARTS) is 1. The van der Waals surface area contributed by atoms with Crippen LogP contribution in [0.3, 0.4) is 0 Å². The van der Waals surface area contributed by atoms with Crippen LogP contribution in [0.4, 0.5) is 0 Å². The van der Waals surface area contributed by atoms with Crippen LogP contribution in [-0.4, -0.2) is 16.9 Å². The van der Waals surface area contributed by atoms with Gasteiger partial charge in [0.25, 0.3) is 0 Å². The molecule has 0 amide bonds. The molecule has 1 N–H and O–H groups in total. The van der Waals surface area contributed by atoms with E-state index in [4.69, 9.17) is 5.11 Å². The summed E-state index contributed by atoms with van der Waals surface area (Å²) in [4.78, 5) is 23.3. The number of unbranched alkanes of at least 4 members (excludes halogenated alkanes) is 1. The lowest BCUT2D eigenvalue weighted by atomic mass is 9.96. The molecule has 0 saturated heterocycles. The zero-order valence-electron chi connectivity index (χ0n) is 13.0. The van der Waals surface area contributed by atoms with Crippen LogP contribution < -0.4 is 0 Å². The lowest BCUT2D eigenvalue weighted by Gasteiger charge is -2.08. The molecule has 0 aromatic heterocycles. The molecular weight excluding hydrogens is 288 g/mol. The number of aliphatic carboxylic acids is 1. The first-order chi connectivity index (χ1) is 11.1. The third-order valence-corrected chi connectivity index (χ3v) is 4.45. The molecule has 3 heteroatoms. The molecule has 0 spiro atoms. The average Bonchev–Trinajstić information content (AvgIpc) is 2.69. The summed E-state index contributed by atoms with van der Waals surface area (Å²) < 4.78 is 0. The summed E-state index contributed by atoms with van der Waals surface area (Å²) in [5, 5.41) is 8.68. The minimum absolute atomic E-state index is 0.116. The van der Waals surface area contributed by atoms with E-state index >= 15 is 0 Å². The zero-order valence-corrected chi connectivity index (χ0v) is 13.0. The van der Waals surface area contributed by atoms with Crippen LogP contribution in [0.2, 0.25) is 0 Å². The molecule has 0 saturated carbocycles. The van der Waals surface area contributed by atoms with E-state index in [1.54, 1.807) is 0 Å². The van der Waals surface area contributed by atoms with Gasteiger partial charge in [0.2, 0.25) is 0 Å². The smallest absolute Gasteiger partial charge is 0.303 e. The van der Waals surface area contributed by atoms with E-state index in [0.717, 1.165) is 47.9 Å². The third-order valence-electron chi connectivity index (χ3n) is 4.45. The number of carbonyl (C=O) groups is 2. The second-order valence-electron chi connectivity index (χ2n) is 6.08. The molecule has 1 aliphatic carbocycles. The molecule has 23 heavy (non-hydrogen) atoms. The summed E-state index contributed by atoms with van der Waals surface area (Å²) in [6, 6.07) is 13.9. The fourth-order valence-corrected chi connectivity index (χ4v) is 3.21. The quantitative estimate of drug-likeness (QED) is 0.854. The van der Waals surface area contributed by atoms with Gasteiger partial charge in [0.1, 0.15) is 0 Å². The Kier molecular flexibility index (Phi) is 4.56. The third kappa shape index (κ3) is 3.50. The van der Waals surface area contributed by atoms with Gasteiger partial charge >= 0.3 is 5.97 Å². The van der Waals surface area contributed by atoms with E-state index in [9.17, 15) is 9.59 Å². The highest BCUT2D eigenvalue weighted by Crippen LogP contribution is 2.25. The predicted octanol–water partition coefficient (Wildman–Crippen LogP) is 3.81. The number of hydrogen-bond donors (Lipinski definition) is 1. The maximum absolute atomic E-state index is 12.7. The first-order valence-electron chi connectivity index (χ1n) is 8.11. The van der Waals surface area contributed by atoms with Crippen molar-refractivity contribution in [1.82, 2.24) is 0 Å². The van der Waals surface area contributed by atoms with Crippen molar-refractivity contribution in [1.29, 1.82) is 0 Å². The Morgan fingerprint density at radius 3 is 2.52 bits per heavy atom. The van der Waals surface area contributed by atoms with E-state index in [2.05, 4.69) is 6.07 Å². The van der Waals surface area contributed by atoms with Crippen LogP contribution in [0.1, 0.15) is 51.9 Å². The minimum atomic E-state index is -0.740. The van der Waals surface area contributed by atoms with Crippen molar-refractivity contribution >= 4 is 11.8 Å². The van der Waals surface area contributed by atoms with Crippen molar-refractivity contribution in [2.45, 2.75) is 38.5 Å². The van der Waals surface area contributed by atoms with Gasteiger partial charge in [0.05, 0.1) is 0 Å². The second-order valence-corrected chi connectivity index (χ2v) is 6.08. The van der Waals surface area contributed by atoms with Crippen molar-refractivity contribution in [2.24, 2.45) is 0 Å². The summed E-state index contributed by atoms with van der Waals surface area (Å²) >= 11 is 0. The number of ketones is 1. The Labute approximate surface area is 136 Å². The maximum Gasteiger partial charge on any atom is 0.303 e. The molecule has 0 unspecified atom stereocenters. The van der Waals surface area contributed by atoms with Crippen LogP contribution in [0.25, 0.3) is 0 Å². The van der Waals surface area contributed by atoms with Crippen LogP contribution in [-0.2, 0) is 24.1 Å². The number of benzene rings is 2. The zero-order chi connectivity index (χ0) is 16.2. The average molecular weight is 308 g/mol. The van der Waals surface area contributed by atoms with E-state index in [0.29, 0.717) is 6.42 Å². The predicted molar refractivity (Wildman–Crippen MR) is 88.9 cm³/mol. The van der Waals surface area contributed by atoms with E-state index in [1.165, 1.54) is 5.56 Å². The number of carboxylic acids is 1. The van der Waals surface area contributed by atoms with Crippen molar-refractivity contribution in [3.63, 3.8) is 0 Å². The SMILES string of the molecule is O=C(O)CCCCc1ccc2c(c1)CCc1ccccc1C2=O. The fourth-order valence-electron chi connectivity index (χ4n) is 3.21. The van der Waals surface area contributed by atoms with Crippen LogP contribution in [0.15, 0.2) is 42.5 Å².